The van der Waals surface area contributed by atoms with Crippen LogP contribution in [0, 0.1) is 29.1 Å². The molecule has 0 radical (unpaired) electrons. The molecule has 7 nitrogen and oxygen atoms in total. The van der Waals surface area contributed by atoms with E-state index in [1.807, 2.05) is 23.9 Å². The van der Waals surface area contributed by atoms with Crippen molar-refractivity contribution in [1.29, 1.82) is 0 Å². The van der Waals surface area contributed by atoms with Crippen molar-refractivity contribution in [2.75, 3.05) is 0 Å². The summed E-state index contributed by atoms with van der Waals surface area (Å²) in [7, 11) is 1.87. The number of carbonyl (C=O) groups is 3. The maximum atomic E-state index is 13.2. The summed E-state index contributed by atoms with van der Waals surface area (Å²) in [5, 5.41) is 0. The van der Waals surface area contributed by atoms with E-state index in [1.54, 1.807) is 39.3 Å². The Kier molecular flexibility index (Phi) is 9.32. The molecule has 0 bridgehead atoms. The van der Waals surface area contributed by atoms with Crippen LogP contribution in [0.4, 0.5) is 0 Å². The third-order valence-corrected chi connectivity index (χ3v) is 7.47. The number of imidazole rings is 1. The number of hydrogen-bond donors (Lipinski definition) is 0. The van der Waals surface area contributed by atoms with Crippen LogP contribution in [0.1, 0.15) is 72.9 Å². The lowest BCUT2D eigenvalue weighted by Gasteiger charge is -2.42. The summed E-state index contributed by atoms with van der Waals surface area (Å²) in [6.07, 6.45) is 13.2. The highest BCUT2D eigenvalue weighted by atomic mass is 16.6. The number of nitrogens with zero attached hydrogens (tertiary/aromatic N) is 2. The van der Waals surface area contributed by atoms with Gasteiger partial charge in [0.2, 0.25) is 0 Å². The van der Waals surface area contributed by atoms with Crippen molar-refractivity contribution in [3.8, 4) is 0 Å². The van der Waals surface area contributed by atoms with Crippen molar-refractivity contribution >= 4 is 23.8 Å². The largest absolute Gasteiger partial charge is 0.455 e. The van der Waals surface area contributed by atoms with Crippen molar-refractivity contribution in [2.24, 2.45) is 36.1 Å². The summed E-state index contributed by atoms with van der Waals surface area (Å²) < 4.78 is 13.5. The minimum absolute atomic E-state index is 0.102. The van der Waals surface area contributed by atoms with Crippen molar-refractivity contribution in [2.45, 2.75) is 79.4 Å². The van der Waals surface area contributed by atoms with Crippen LogP contribution in [0.25, 0.3) is 6.08 Å². The smallest absolute Gasteiger partial charge is 0.331 e. The highest BCUT2D eigenvalue weighted by molar-refractivity contribution is 5.88. The van der Waals surface area contributed by atoms with Gasteiger partial charge in [0, 0.05) is 25.7 Å². The van der Waals surface area contributed by atoms with Crippen LogP contribution in [-0.2, 0) is 30.9 Å². The lowest BCUT2D eigenvalue weighted by molar-refractivity contribution is -0.164. The third-order valence-electron chi connectivity index (χ3n) is 7.47. The van der Waals surface area contributed by atoms with Crippen molar-refractivity contribution in [3.05, 3.63) is 48.1 Å². The van der Waals surface area contributed by atoms with Gasteiger partial charge in [-0.05, 0) is 82.8 Å². The van der Waals surface area contributed by atoms with Gasteiger partial charge < -0.3 is 14.0 Å². The highest BCUT2D eigenvalue weighted by Gasteiger charge is 2.41. The molecule has 37 heavy (non-hydrogen) atoms. The maximum absolute atomic E-state index is 13.2. The third kappa shape index (κ3) is 7.76. The standard InChI is InChI=1S/C30H42N2O5/c1-19(2)23-13-11-20(3)24-15-22(36-28(34)14-12-21-17-32(7)18-31-21)9-8-10-26(33)27(16-25(23)24)37-29(35)30(4,5)6/h8-9,11-12,14,17-19,22-25,27H,10,13,15-16H2,1-7H3/t22-,23-,24+,25-,27-/m1/s1. The zero-order chi connectivity index (χ0) is 27.3. The van der Waals surface area contributed by atoms with E-state index in [4.69, 9.17) is 9.47 Å². The molecule has 202 valence electrons. The van der Waals surface area contributed by atoms with E-state index in [1.165, 1.54) is 11.6 Å². The van der Waals surface area contributed by atoms with E-state index in [0.29, 0.717) is 30.4 Å². The molecule has 0 spiro atoms. The fraction of sp³-hybridized carbons (Fsp3) is 0.600. The van der Waals surface area contributed by atoms with Crippen LogP contribution in [0.2, 0.25) is 0 Å². The van der Waals surface area contributed by atoms with Gasteiger partial charge in [-0.15, -0.1) is 0 Å². The lowest BCUT2D eigenvalue weighted by atomic mass is 9.64. The molecule has 0 unspecified atom stereocenters. The second-order valence-corrected chi connectivity index (χ2v) is 11.8. The summed E-state index contributed by atoms with van der Waals surface area (Å²) in [6.45, 7) is 11.9. The molecule has 2 aliphatic rings. The Balaban J connectivity index is 1.87. The zero-order valence-electron chi connectivity index (χ0n) is 23.3. The summed E-state index contributed by atoms with van der Waals surface area (Å²) in [4.78, 5) is 42.9. The Morgan fingerprint density at radius 1 is 1.19 bits per heavy atom. The number of rotatable bonds is 5. The Labute approximate surface area is 221 Å². The van der Waals surface area contributed by atoms with E-state index < -0.39 is 23.6 Å². The number of Topliss-reactive ketones (excluding diaryl/α,β-unsaturated/α-hetero) is 1. The molecular formula is C30H42N2O5. The SMILES string of the molecule is CC1=CC[C@H](C(C)C)[C@H]2C[C@@H](OC(=O)C(C)(C)C)C(=O)CC=C[C@@H](OC(=O)C=Cc3cn(C)cn3)C[C@@H]12. The van der Waals surface area contributed by atoms with Gasteiger partial charge in [0.15, 0.2) is 11.9 Å². The van der Waals surface area contributed by atoms with Gasteiger partial charge in [0.05, 0.1) is 17.4 Å². The topological polar surface area (TPSA) is 87.5 Å². The first-order valence-corrected chi connectivity index (χ1v) is 13.3. The number of carbonyl (C=O) groups excluding carboxylic acids is 3. The zero-order valence-corrected chi connectivity index (χ0v) is 23.3. The predicted octanol–water partition coefficient (Wildman–Crippen LogP) is 5.47. The molecule has 3 rings (SSSR count). The molecule has 7 heteroatoms. The van der Waals surface area contributed by atoms with Crippen LogP contribution in [0.3, 0.4) is 0 Å². The van der Waals surface area contributed by atoms with Crippen LogP contribution in [0.15, 0.2) is 42.4 Å². The first kappa shape index (κ1) is 28.6. The van der Waals surface area contributed by atoms with Gasteiger partial charge in [-0.2, -0.15) is 0 Å². The molecule has 0 fully saturated rings. The molecule has 0 saturated carbocycles. The van der Waals surface area contributed by atoms with E-state index in [-0.39, 0.29) is 30.0 Å². The molecular weight excluding hydrogens is 468 g/mol. The fourth-order valence-electron chi connectivity index (χ4n) is 5.29. The van der Waals surface area contributed by atoms with E-state index in [9.17, 15) is 14.4 Å². The van der Waals surface area contributed by atoms with Gasteiger partial charge in [-0.25, -0.2) is 9.78 Å². The van der Waals surface area contributed by atoms with Crippen LogP contribution >= 0.6 is 0 Å². The number of ether oxygens (including phenoxy) is 2. The number of aromatic nitrogens is 2. The molecule has 5 atom stereocenters. The second-order valence-electron chi connectivity index (χ2n) is 11.8. The summed E-state index contributed by atoms with van der Waals surface area (Å²) >= 11 is 0. The Bertz CT molecular complexity index is 1070. The molecule has 0 aliphatic heterocycles. The van der Waals surface area contributed by atoms with Crippen molar-refractivity contribution in [3.63, 3.8) is 0 Å². The van der Waals surface area contributed by atoms with Gasteiger partial charge in [0.25, 0.3) is 0 Å². The average Bonchev–Trinajstić information content (AvgIpc) is 3.23. The van der Waals surface area contributed by atoms with E-state index in [2.05, 4.69) is 31.8 Å². The van der Waals surface area contributed by atoms with E-state index >= 15 is 0 Å². The quantitative estimate of drug-likeness (QED) is 0.297. The van der Waals surface area contributed by atoms with E-state index in [0.717, 1.165) is 6.42 Å². The number of ketones is 1. The minimum Gasteiger partial charge on any atom is -0.455 e. The molecule has 2 aliphatic carbocycles. The first-order valence-electron chi connectivity index (χ1n) is 13.3. The molecule has 0 saturated heterocycles. The van der Waals surface area contributed by atoms with Gasteiger partial charge in [-0.1, -0.05) is 31.6 Å². The number of aryl methyl sites for hydroxylation is 1. The van der Waals surface area contributed by atoms with Gasteiger partial charge in [0.1, 0.15) is 6.10 Å². The number of hydrogen-bond acceptors (Lipinski definition) is 6. The summed E-state index contributed by atoms with van der Waals surface area (Å²) in [5.74, 6) is 0.0277. The molecule has 0 N–H and O–H groups in total. The normalized spacial score (nSPS) is 27.1. The first-order chi connectivity index (χ1) is 17.3. The minimum atomic E-state index is -0.781. The Morgan fingerprint density at radius 3 is 2.54 bits per heavy atom. The number of esters is 2. The van der Waals surface area contributed by atoms with Crippen LogP contribution in [0.5, 0.6) is 0 Å². The van der Waals surface area contributed by atoms with Gasteiger partial charge >= 0.3 is 11.9 Å². The molecule has 1 aromatic heterocycles. The van der Waals surface area contributed by atoms with Crippen LogP contribution < -0.4 is 0 Å². The van der Waals surface area contributed by atoms with Crippen molar-refractivity contribution < 1.29 is 23.9 Å². The van der Waals surface area contributed by atoms with Crippen molar-refractivity contribution in [1.82, 2.24) is 9.55 Å². The summed E-state index contributed by atoms with van der Waals surface area (Å²) in [6, 6.07) is 0. The molecule has 0 amide bonds. The molecule has 0 aromatic carbocycles. The number of fused-ring (bicyclic) bond motifs is 1. The fourth-order valence-corrected chi connectivity index (χ4v) is 5.29. The van der Waals surface area contributed by atoms with Crippen LogP contribution in [-0.4, -0.2) is 39.5 Å². The second kappa shape index (κ2) is 12.1. The monoisotopic (exact) mass is 510 g/mol. The predicted molar refractivity (Wildman–Crippen MR) is 143 cm³/mol. The molecule has 1 heterocycles. The lowest BCUT2D eigenvalue weighted by Crippen LogP contribution is -2.41. The molecule has 1 aromatic rings. The maximum Gasteiger partial charge on any atom is 0.331 e. The highest BCUT2D eigenvalue weighted by Crippen LogP contribution is 2.44. The van der Waals surface area contributed by atoms with Gasteiger partial charge in [-0.3, -0.25) is 9.59 Å². The number of allylic oxidation sites excluding steroid dienone is 3. The summed E-state index contributed by atoms with van der Waals surface area (Å²) in [5.41, 5.74) is 1.22. The average molecular weight is 511 g/mol. The Hall–Kier alpha value is -2.96. The Morgan fingerprint density at radius 2 is 1.92 bits per heavy atom.